The summed E-state index contributed by atoms with van der Waals surface area (Å²) in [6, 6.07) is 37.8. The third-order valence-electron chi connectivity index (χ3n) is 14.3. The summed E-state index contributed by atoms with van der Waals surface area (Å²) in [6.07, 6.45) is 0. The van der Waals surface area contributed by atoms with Crippen LogP contribution in [0.4, 0.5) is 0 Å². The third kappa shape index (κ3) is 14.7. The van der Waals surface area contributed by atoms with Crippen LogP contribution in [-0.2, 0) is 59.8 Å². The van der Waals surface area contributed by atoms with Gasteiger partial charge in [-0.05, 0) is 125 Å². The van der Waals surface area contributed by atoms with Crippen LogP contribution in [0.5, 0.6) is 23.0 Å². The van der Waals surface area contributed by atoms with Crippen molar-refractivity contribution in [2.24, 2.45) is 0 Å². The molecule has 2 unspecified atom stereocenters. The number of aromatic hydroxyl groups is 2. The number of benzene rings is 6. The van der Waals surface area contributed by atoms with Crippen LogP contribution in [0, 0.1) is 0 Å². The van der Waals surface area contributed by atoms with E-state index in [9.17, 15) is 20.4 Å². The molecule has 0 aliphatic heterocycles. The second-order valence-electron chi connectivity index (χ2n) is 29.1. The Hall–Kier alpha value is -4.13. The smallest absolute Gasteiger partial charge is 0.870 e. The summed E-state index contributed by atoms with van der Waals surface area (Å²) in [5, 5.41) is 58.0. The van der Waals surface area contributed by atoms with Crippen LogP contribution in [0.25, 0.3) is 0 Å². The predicted molar refractivity (Wildman–Crippen MR) is 325 cm³/mol. The van der Waals surface area contributed by atoms with Crippen molar-refractivity contribution < 1.29 is 36.9 Å². The minimum atomic E-state index is -1.83. The molecule has 6 aromatic carbocycles. The van der Waals surface area contributed by atoms with E-state index >= 15 is 0 Å². The molecule has 2 atom stereocenters. The average molecular weight is 1100 g/mol. The fraction of sp³-hybridized carbons (Fsp3) is 0.471. The maximum absolute atomic E-state index is 14.3. The van der Waals surface area contributed by atoms with E-state index in [-0.39, 0.29) is 71.3 Å². The molecule has 0 aliphatic rings. The van der Waals surface area contributed by atoms with Crippen LogP contribution in [0.15, 0.2) is 109 Å². The second-order valence-corrected chi connectivity index (χ2v) is 33.9. The molecule has 2 N–H and O–H groups in total. The molecule has 0 saturated heterocycles. The minimum absolute atomic E-state index is 0. The van der Waals surface area contributed by atoms with E-state index in [0.717, 1.165) is 65.2 Å². The Morgan fingerprint density at radius 1 is 0.293 bits per heavy atom. The molecule has 7 heteroatoms. The monoisotopic (exact) mass is 1090 g/mol. The minimum Gasteiger partial charge on any atom is -0.870 e. The van der Waals surface area contributed by atoms with E-state index in [1.165, 1.54) is 11.1 Å². The SMILES string of the molecule is CC(C)(C)c1cc([PH+](c2ccccc2)c2cc(C(C)(C)C)cc(C(C)(C)C)c2O)c([O-])c(C(C)(C)C)c1.CC(C)(C)c1cc([PH+](c2ccccc2)c2cc(C(C)(C)C)cc(C(C)(C)C)c2O)c([O-])c(C(C)(C)C)c1.[Ni+2]. The first-order valence-electron chi connectivity index (χ1n) is 26.8. The van der Waals surface area contributed by atoms with E-state index in [2.05, 4.69) is 239 Å². The van der Waals surface area contributed by atoms with Crippen molar-refractivity contribution >= 4 is 47.7 Å². The number of rotatable bonds is 6. The summed E-state index contributed by atoms with van der Waals surface area (Å²) in [5.41, 5.74) is 6.74. The number of phenols is 2. The molecule has 0 amide bonds. The number of hydrogen-bond acceptors (Lipinski definition) is 4. The molecular weight excluding hydrogens is 1000 g/mol. The Kier molecular flexibility index (Phi) is 18.9. The van der Waals surface area contributed by atoms with Crippen LogP contribution in [0.3, 0.4) is 0 Å². The Balaban J connectivity index is 0.000000320. The first kappa shape index (κ1) is 63.4. The Labute approximate surface area is 468 Å². The summed E-state index contributed by atoms with van der Waals surface area (Å²) in [7, 11) is -3.65. The quantitative estimate of drug-likeness (QED) is 0.129. The summed E-state index contributed by atoms with van der Waals surface area (Å²) in [5.74, 6) is 0.874. The van der Waals surface area contributed by atoms with Crippen molar-refractivity contribution in [3.8, 4) is 23.0 Å². The van der Waals surface area contributed by atoms with Crippen molar-refractivity contribution in [3.05, 3.63) is 154 Å². The summed E-state index contributed by atoms with van der Waals surface area (Å²) >= 11 is 0. The largest absolute Gasteiger partial charge is 2.00 e. The number of hydrogen-bond donors (Lipinski definition) is 2. The molecule has 0 heterocycles. The van der Waals surface area contributed by atoms with Crippen LogP contribution < -0.4 is 42.0 Å². The molecule has 4 nitrogen and oxygen atoms in total. The van der Waals surface area contributed by atoms with Gasteiger partial charge in [0.05, 0.1) is 10.6 Å². The van der Waals surface area contributed by atoms with Crippen LogP contribution in [0.1, 0.15) is 211 Å². The molecule has 0 radical (unpaired) electrons. The zero-order chi connectivity index (χ0) is 56.3. The molecule has 0 fully saturated rings. The first-order valence-corrected chi connectivity index (χ1v) is 29.8. The molecule has 0 bridgehead atoms. The zero-order valence-corrected chi connectivity index (χ0v) is 53.4. The normalized spacial score (nSPS) is 13.9. The molecular formula is C68H94NiO4P2+2. The van der Waals surface area contributed by atoms with E-state index in [4.69, 9.17) is 0 Å². The van der Waals surface area contributed by atoms with E-state index < -0.39 is 15.8 Å². The van der Waals surface area contributed by atoms with E-state index in [1.54, 1.807) is 0 Å². The van der Waals surface area contributed by atoms with Crippen LogP contribution in [-0.4, -0.2) is 10.2 Å². The molecule has 6 rings (SSSR count). The van der Waals surface area contributed by atoms with Gasteiger partial charge in [0.2, 0.25) is 0 Å². The first-order chi connectivity index (χ1) is 33.5. The Morgan fingerprint density at radius 2 is 0.507 bits per heavy atom. The molecule has 0 aliphatic carbocycles. The Bertz CT molecular complexity index is 2570. The summed E-state index contributed by atoms with van der Waals surface area (Å²) in [6.45, 7) is 52.0. The van der Waals surface area contributed by atoms with Crippen LogP contribution in [0.2, 0.25) is 0 Å². The van der Waals surface area contributed by atoms with E-state index in [1.807, 2.05) is 36.4 Å². The molecule has 6 aromatic rings. The standard InChI is InChI=1S/2C34H47O2P.Ni/c2*1-31(2,3)22-18-25(33(7,8)9)29(35)27(20-22)37(24-16-14-13-15-17-24)28-21-23(32(4,5)6)19-26(30(28)36)34(10,11)12;/h2*13-21,35-36H,1-12H3;/q;;+2. The Morgan fingerprint density at radius 3 is 0.720 bits per heavy atom. The summed E-state index contributed by atoms with van der Waals surface area (Å²) < 4.78 is 0. The van der Waals surface area contributed by atoms with Gasteiger partial charge < -0.3 is 20.4 Å². The van der Waals surface area contributed by atoms with Gasteiger partial charge in [-0.2, -0.15) is 0 Å². The molecule has 0 aromatic heterocycles. The fourth-order valence-corrected chi connectivity index (χ4v) is 14.9. The van der Waals surface area contributed by atoms with Gasteiger partial charge in [-0.1, -0.05) is 238 Å². The van der Waals surface area contributed by atoms with E-state index in [0.29, 0.717) is 11.5 Å². The van der Waals surface area contributed by atoms with Gasteiger partial charge in [0.25, 0.3) is 0 Å². The average Bonchev–Trinajstić information content (AvgIpc) is 3.23. The van der Waals surface area contributed by atoms with Crippen molar-refractivity contribution in [3.63, 3.8) is 0 Å². The van der Waals surface area contributed by atoms with Gasteiger partial charge in [0.1, 0.15) is 37.1 Å². The number of phenolic OH excluding ortho intramolecular Hbond substituents is 2. The van der Waals surface area contributed by atoms with Gasteiger partial charge >= 0.3 is 16.5 Å². The van der Waals surface area contributed by atoms with Crippen molar-refractivity contribution in [1.29, 1.82) is 0 Å². The summed E-state index contributed by atoms with van der Waals surface area (Å²) in [4.78, 5) is 0. The van der Waals surface area contributed by atoms with Gasteiger partial charge in [0, 0.05) is 11.1 Å². The van der Waals surface area contributed by atoms with Gasteiger partial charge in [-0.3, -0.25) is 0 Å². The fourth-order valence-electron chi connectivity index (χ4n) is 9.39. The maximum atomic E-state index is 14.3. The van der Waals surface area contributed by atoms with Crippen molar-refractivity contribution in [2.45, 2.75) is 209 Å². The topological polar surface area (TPSA) is 86.6 Å². The predicted octanol–water partition coefficient (Wildman–Crippen LogP) is 14.3. The van der Waals surface area contributed by atoms with Crippen LogP contribution >= 0.6 is 15.8 Å². The molecule has 0 saturated carbocycles. The molecule has 408 valence electrons. The second kappa shape index (κ2) is 22.3. The molecule has 75 heavy (non-hydrogen) atoms. The van der Waals surface area contributed by atoms with Gasteiger partial charge in [0.15, 0.2) is 11.5 Å². The van der Waals surface area contributed by atoms with Gasteiger partial charge in [-0.25, -0.2) is 0 Å². The maximum Gasteiger partial charge on any atom is 2.00 e. The zero-order valence-electron chi connectivity index (χ0n) is 50.4. The van der Waals surface area contributed by atoms with Crippen molar-refractivity contribution in [2.75, 3.05) is 0 Å². The van der Waals surface area contributed by atoms with Gasteiger partial charge in [-0.15, -0.1) is 0 Å². The third-order valence-corrected chi connectivity index (χ3v) is 19.8. The molecule has 0 spiro atoms. The van der Waals surface area contributed by atoms with Crippen molar-refractivity contribution in [1.82, 2.24) is 0 Å².